The predicted molar refractivity (Wildman–Crippen MR) is 88.2 cm³/mol. The van der Waals surface area contributed by atoms with Gasteiger partial charge < -0.3 is 15.2 Å². The zero-order chi connectivity index (χ0) is 17.8. The summed E-state index contributed by atoms with van der Waals surface area (Å²) in [6.45, 7) is 11.0. The molecule has 1 aromatic heterocycles. The number of nitrogens with zero attached hydrogens (tertiary/aromatic N) is 1. The van der Waals surface area contributed by atoms with Gasteiger partial charge in [0.05, 0.1) is 5.69 Å². The molecule has 0 aliphatic rings. The topological polar surface area (TPSA) is 91.5 Å². The lowest BCUT2D eigenvalue weighted by atomic mass is 10.1. The Morgan fingerprint density at radius 2 is 1.52 bits per heavy atom. The lowest BCUT2D eigenvalue weighted by molar-refractivity contribution is -0.00769. The second kappa shape index (κ2) is 6.98. The second-order valence-electron chi connectivity index (χ2n) is 6.63. The number of nitrogen functional groups attached to an aromatic ring is 1. The third-order valence-electron chi connectivity index (χ3n) is 3.82. The second-order valence-corrected chi connectivity index (χ2v) is 6.63. The van der Waals surface area contributed by atoms with E-state index in [2.05, 4.69) is 4.98 Å². The Morgan fingerprint density at radius 1 is 1.04 bits per heavy atom. The quantitative estimate of drug-likeness (QED) is 0.807. The van der Waals surface area contributed by atoms with Crippen LogP contribution in [0, 0.1) is 0 Å². The van der Waals surface area contributed by atoms with E-state index < -0.39 is 23.1 Å². The van der Waals surface area contributed by atoms with Crippen LogP contribution in [0.4, 0.5) is 5.69 Å². The Bertz CT molecular complexity index is 594. The van der Waals surface area contributed by atoms with Crippen LogP contribution in [0.25, 0.3) is 0 Å². The van der Waals surface area contributed by atoms with Crippen molar-refractivity contribution < 1.29 is 19.1 Å². The molecule has 0 bridgehead atoms. The molecule has 0 spiro atoms. The molecule has 128 valence electrons. The van der Waals surface area contributed by atoms with Crippen LogP contribution in [-0.4, -0.2) is 28.1 Å². The number of ether oxygens (including phenoxy) is 2. The van der Waals surface area contributed by atoms with Crippen molar-refractivity contribution in [2.24, 2.45) is 0 Å². The fourth-order valence-corrected chi connectivity index (χ4v) is 1.59. The van der Waals surface area contributed by atoms with Crippen LogP contribution in [-0.2, 0) is 9.47 Å². The molecule has 0 amide bonds. The van der Waals surface area contributed by atoms with Crippen molar-refractivity contribution in [2.45, 2.75) is 65.6 Å². The van der Waals surface area contributed by atoms with E-state index in [1.165, 1.54) is 12.3 Å². The number of aromatic nitrogens is 1. The molecule has 0 aliphatic heterocycles. The summed E-state index contributed by atoms with van der Waals surface area (Å²) in [7, 11) is 0. The number of pyridine rings is 1. The summed E-state index contributed by atoms with van der Waals surface area (Å²) < 4.78 is 10.8. The van der Waals surface area contributed by atoms with Gasteiger partial charge in [0.25, 0.3) is 0 Å². The predicted octanol–water partition coefficient (Wildman–Crippen LogP) is 3.35. The molecule has 0 atom stereocenters. The molecule has 1 rings (SSSR count). The van der Waals surface area contributed by atoms with Gasteiger partial charge in [0.2, 0.25) is 0 Å². The molecule has 0 radical (unpaired) electrons. The molecule has 1 heterocycles. The average molecular weight is 322 g/mol. The van der Waals surface area contributed by atoms with E-state index in [-0.39, 0.29) is 16.9 Å². The molecule has 0 aromatic carbocycles. The summed E-state index contributed by atoms with van der Waals surface area (Å²) in [4.78, 5) is 28.8. The maximum atomic E-state index is 12.5. The fraction of sp³-hybridized carbons (Fsp3) is 0.588. The molecule has 0 saturated heterocycles. The Kier molecular flexibility index (Phi) is 5.75. The van der Waals surface area contributed by atoms with Crippen LogP contribution in [0.2, 0.25) is 0 Å². The number of esters is 2. The lowest BCUT2D eigenvalue weighted by Gasteiger charge is -2.25. The summed E-state index contributed by atoms with van der Waals surface area (Å²) in [6, 6.07) is 1.46. The minimum absolute atomic E-state index is 0.0501. The van der Waals surface area contributed by atoms with Gasteiger partial charge in [-0.05, 0) is 46.6 Å². The summed E-state index contributed by atoms with van der Waals surface area (Å²) in [5, 5.41) is 0. The van der Waals surface area contributed by atoms with Crippen LogP contribution >= 0.6 is 0 Å². The van der Waals surface area contributed by atoms with E-state index in [1.54, 1.807) is 27.7 Å². The first-order valence-electron chi connectivity index (χ1n) is 7.74. The van der Waals surface area contributed by atoms with Crippen LogP contribution in [0.1, 0.15) is 75.2 Å². The van der Waals surface area contributed by atoms with Crippen LogP contribution in [0.3, 0.4) is 0 Å². The lowest BCUT2D eigenvalue weighted by Crippen LogP contribution is -2.31. The van der Waals surface area contributed by atoms with E-state index in [9.17, 15) is 9.59 Å². The standard InChI is InChI=1S/C17H26N2O4/c1-7-16(3,4)22-14(20)12-11(18)9-10-19-13(12)15(21)23-17(5,6)8-2/h9-10H,7-8H2,1-6H3,(H2,18,19). The van der Waals surface area contributed by atoms with Crippen LogP contribution in [0.15, 0.2) is 12.3 Å². The van der Waals surface area contributed by atoms with Crippen LogP contribution < -0.4 is 5.73 Å². The van der Waals surface area contributed by atoms with E-state index in [0.717, 1.165) is 0 Å². The normalized spacial score (nSPS) is 11.9. The number of hydrogen-bond donors (Lipinski definition) is 1. The smallest absolute Gasteiger partial charge is 0.358 e. The molecule has 0 fully saturated rings. The van der Waals surface area contributed by atoms with Crippen molar-refractivity contribution in [2.75, 3.05) is 5.73 Å². The van der Waals surface area contributed by atoms with Gasteiger partial charge in [-0.3, -0.25) is 0 Å². The first-order valence-corrected chi connectivity index (χ1v) is 7.74. The molecule has 0 aliphatic carbocycles. The SMILES string of the molecule is CCC(C)(C)OC(=O)c1nccc(N)c1C(=O)OC(C)(C)CC. The highest BCUT2D eigenvalue weighted by Gasteiger charge is 2.30. The molecule has 6 heteroatoms. The number of rotatable bonds is 6. The number of nitrogens with two attached hydrogens (primary N) is 1. The zero-order valence-electron chi connectivity index (χ0n) is 14.7. The van der Waals surface area contributed by atoms with Crippen LogP contribution in [0.5, 0.6) is 0 Å². The monoisotopic (exact) mass is 322 g/mol. The van der Waals surface area contributed by atoms with E-state index >= 15 is 0 Å². The largest absolute Gasteiger partial charge is 0.456 e. The van der Waals surface area contributed by atoms with Crippen molar-refractivity contribution in [3.8, 4) is 0 Å². The van der Waals surface area contributed by atoms with Gasteiger partial charge in [-0.2, -0.15) is 0 Å². The Balaban J connectivity index is 3.19. The summed E-state index contributed by atoms with van der Waals surface area (Å²) in [6.07, 6.45) is 2.62. The average Bonchev–Trinajstić information content (AvgIpc) is 2.45. The highest BCUT2D eigenvalue weighted by Crippen LogP contribution is 2.24. The molecular weight excluding hydrogens is 296 g/mol. The van der Waals surface area contributed by atoms with E-state index in [0.29, 0.717) is 12.8 Å². The third-order valence-corrected chi connectivity index (χ3v) is 3.82. The Morgan fingerprint density at radius 3 is 2.00 bits per heavy atom. The van der Waals surface area contributed by atoms with Crippen molar-refractivity contribution in [3.63, 3.8) is 0 Å². The Hall–Kier alpha value is -2.11. The maximum absolute atomic E-state index is 12.5. The minimum Gasteiger partial charge on any atom is -0.456 e. The van der Waals surface area contributed by atoms with Gasteiger partial charge in [-0.1, -0.05) is 13.8 Å². The first kappa shape index (κ1) is 18.9. The molecule has 1 aromatic rings. The zero-order valence-corrected chi connectivity index (χ0v) is 14.7. The molecule has 0 unspecified atom stereocenters. The van der Waals surface area contributed by atoms with E-state index in [4.69, 9.17) is 15.2 Å². The van der Waals surface area contributed by atoms with Gasteiger partial charge in [0, 0.05) is 6.20 Å². The number of carbonyl (C=O) groups is 2. The van der Waals surface area contributed by atoms with E-state index in [1.807, 2.05) is 13.8 Å². The van der Waals surface area contributed by atoms with Crippen molar-refractivity contribution in [1.29, 1.82) is 0 Å². The van der Waals surface area contributed by atoms with Gasteiger partial charge in [0.1, 0.15) is 16.8 Å². The highest BCUT2D eigenvalue weighted by atomic mass is 16.6. The summed E-state index contributed by atoms with van der Waals surface area (Å²) in [5.74, 6) is -1.37. The van der Waals surface area contributed by atoms with Crippen molar-refractivity contribution >= 4 is 17.6 Å². The first-order chi connectivity index (χ1) is 10.5. The van der Waals surface area contributed by atoms with Gasteiger partial charge in [0.15, 0.2) is 5.69 Å². The summed E-state index contributed by atoms with van der Waals surface area (Å²) >= 11 is 0. The number of carbonyl (C=O) groups excluding carboxylic acids is 2. The maximum Gasteiger partial charge on any atom is 0.358 e. The van der Waals surface area contributed by atoms with Crippen molar-refractivity contribution in [3.05, 3.63) is 23.5 Å². The molecule has 23 heavy (non-hydrogen) atoms. The van der Waals surface area contributed by atoms with Gasteiger partial charge >= 0.3 is 11.9 Å². The number of anilines is 1. The Labute approximate surface area is 137 Å². The molecule has 6 nitrogen and oxygen atoms in total. The fourth-order valence-electron chi connectivity index (χ4n) is 1.59. The van der Waals surface area contributed by atoms with Crippen molar-refractivity contribution in [1.82, 2.24) is 4.98 Å². The van der Waals surface area contributed by atoms with Gasteiger partial charge in [-0.15, -0.1) is 0 Å². The third kappa shape index (κ3) is 4.94. The minimum atomic E-state index is -0.689. The molecular formula is C17H26N2O4. The number of hydrogen-bond acceptors (Lipinski definition) is 6. The van der Waals surface area contributed by atoms with Gasteiger partial charge in [-0.25, -0.2) is 14.6 Å². The molecule has 0 saturated carbocycles. The molecule has 2 N–H and O–H groups in total. The highest BCUT2D eigenvalue weighted by molar-refractivity contribution is 6.05. The summed E-state index contributed by atoms with van der Waals surface area (Å²) in [5.41, 5.74) is 4.51.